The van der Waals surface area contributed by atoms with E-state index in [0.29, 0.717) is 23.1 Å². The highest BCUT2D eigenvalue weighted by molar-refractivity contribution is 6.31. The number of alkyl halides is 3. The number of nitrogens with zero attached hydrogens (tertiary/aromatic N) is 1. The Morgan fingerprint density at radius 2 is 1.68 bits per heavy atom. The summed E-state index contributed by atoms with van der Waals surface area (Å²) in [4.78, 5) is 27.6. The zero-order valence-electron chi connectivity index (χ0n) is 17.4. The topological polar surface area (TPSA) is 89.6 Å². The molecule has 0 atom stereocenters. The molecule has 0 radical (unpaired) electrons. The average Bonchev–Trinajstić information content (AvgIpc) is 2.78. The van der Waals surface area contributed by atoms with Gasteiger partial charge in [-0.1, -0.05) is 29.3 Å². The number of aromatic nitrogens is 1. The second-order valence-electron chi connectivity index (χ2n) is 6.69. The zero-order valence-corrected chi connectivity index (χ0v) is 18.9. The molecule has 0 saturated carbocycles. The molecule has 0 unspecified atom stereocenters. The fourth-order valence-electron chi connectivity index (χ4n) is 2.69. The molecule has 0 spiro atoms. The Bertz CT molecular complexity index is 1220. The van der Waals surface area contributed by atoms with E-state index in [9.17, 15) is 22.8 Å². The van der Waals surface area contributed by atoms with Crippen molar-refractivity contribution in [2.75, 3.05) is 7.05 Å². The Morgan fingerprint density at radius 3 is 2.35 bits per heavy atom. The number of ether oxygens (including phenoxy) is 2. The summed E-state index contributed by atoms with van der Waals surface area (Å²) in [6, 6.07) is 10.5. The highest BCUT2D eigenvalue weighted by atomic mass is 35.5. The van der Waals surface area contributed by atoms with E-state index < -0.39 is 22.9 Å². The SMILES string of the molecule is CNC(=O)c1cc(Oc2ccc(CNC(=O)Oc3ccc(Cl)c(C(F)(F)F)c3)c(Cl)c2)ccn1. The van der Waals surface area contributed by atoms with Crippen molar-refractivity contribution in [1.82, 2.24) is 15.6 Å². The van der Waals surface area contributed by atoms with E-state index in [1.54, 1.807) is 18.2 Å². The molecule has 178 valence electrons. The predicted octanol–water partition coefficient (Wildman–Crippen LogP) is 5.85. The number of hydrogen-bond acceptors (Lipinski definition) is 5. The van der Waals surface area contributed by atoms with Crippen molar-refractivity contribution in [2.45, 2.75) is 12.7 Å². The number of nitrogens with one attached hydrogen (secondary N) is 2. The van der Waals surface area contributed by atoms with Crippen molar-refractivity contribution >= 4 is 35.2 Å². The van der Waals surface area contributed by atoms with Gasteiger partial charge in [0.15, 0.2) is 0 Å². The van der Waals surface area contributed by atoms with Crippen LogP contribution < -0.4 is 20.1 Å². The largest absolute Gasteiger partial charge is 0.457 e. The van der Waals surface area contributed by atoms with Crippen LogP contribution in [0.1, 0.15) is 21.6 Å². The van der Waals surface area contributed by atoms with Crippen molar-refractivity contribution < 1.29 is 32.2 Å². The molecule has 7 nitrogen and oxygen atoms in total. The van der Waals surface area contributed by atoms with Gasteiger partial charge in [-0.3, -0.25) is 9.78 Å². The van der Waals surface area contributed by atoms with Gasteiger partial charge in [-0.15, -0.1) is 0 Å². The molecule has 2 aromatic carbocycles. The smallest absolute Gasteiger partial charge is 0.417 e. The number of carbonyl (C=O) groups is 2. The molecule has 0 aliphatic rings. The molecule has 0 aliphatic carbocycles. The monoisotopic (exact) mass is 513 g/mol. The summed E-state index contributed by atoms with van der Waals surface area (Å²) in [5, 5.41) is 4.61. The van der Waals surface area contributed by atoms with Gasteiger partial charge in [-0.2, -0.15) is 13.2 Å². The van der Waals surface area contributed by atoms with Crippen LogP contribution in [0.2, 0.25) is 10.0 Å². The molecule has 0 aliphatic heterocycles. The second kappa shape index (κ2) is 10.6. The highest BCUT2D eigenvalue weighted by Gasteiger charge is 2.33. The fraction of sp³-hybridized carbons (Fsp3) is 0.136. The van der Waals surface area contributed by atoms with E-state index >= 15 is 0 Å². The molecular formula is C22H16Cl2F3N3O4. The lowest BCUT2D eigenvalue weighted by molar-refractivity contribution is -0.137. The Labute approximate surface area is 201 Å². The van der Waals surface area contributed by atoms with Crippen molar-refractivity contribution in [3.8, 4) is 17.2 Å². The van der Waals surface area contributed by atoms with Gasteiger partial charge in [0, 0.05) is 30.9 Å². The molecule has 34 heavy (non-hydrogen) atoms. The number of hydrogen-bond donors (Lipinski definition) is 2. The fourth-order valence-corrected chi connectivity index (χ4v) is 3.16. The van der Waals surface area contributed by atoms with E-state index in [1.807, 2.05) is 0 Å². The van der Waals surface area contributed by atoms with Crippen LogP contribution in [-0.2, 0) is 12.7 Å². The summed E-state index contributed by atoms with van der Waals surface area (Å²) in [6.45, 7) is -0.0618. The summed E-state index contributed by atoms with van der Waals surface area (Å²) in [7, 11) is 1.48. The van der Waals surface area contributed by atoms with Crippen LogP contribution in [0.25, 0.3) is 0 Å². The Morgan fingerprint density at radius 1 is 0.971 bits per heavy atom. The molecule has 3 aromatic rings. The molecule has 1 heterocycles. The Balaban J connectivity index is 1.61. The molecular weight excluding hydrogens is 498 g/mol. The first kappa shape index (κ1) is 25.1. The van der Waals surface area contributed by atoms with Crippen LogP contribution in [0.15, 0.2) is 54.7 Å². The minimum Gasteiger partial charge on any atom is -0.457 e. The number of carbonyl (C=O) groups excluding carboxylic acids is 2. The van der Waals surface area contributed by atoms with Crippen LogP contribution in [-0.4, -0.2) is 24.0 Å². The Kier molecular flexibility index (Phi) is 7.85. The van der Waals surface area contributed by atoms with Gasteiger partial charge < -0.3 is 20.1 Å². The van der Waals surface area contributed by atoms with Crippen LogP contribution in [0.3, 0.4) is 0 Å². The standard InChI is InChI=1S/C22H16Cl2F3N3O4/c1-28-20(31)19-10-15(6-7-29-19)33-14-3-2-12(18(24)9-14)11-30-21(32)34-13-4-5-17(23)16(8-13)22(25,26)27/h2-10H,11H2,1H3,(H,28,31)(H,30,32). The molecule has 1 aromatic heterocycles. The predicted molar refractivity (Wildman–Crippen MR) is 118 cm³/mol. The third-order valence-corrected chi connectivity index (χ3v) is 5.01. The minimum atomic E-state index is -4.69. The first-order valence-electron chi connectivity index (χ1n) is 9.53. The van der Waals surface area contributed by atoms with Gasteiger partial charge in [0.05, 0.1) is 10.6 Å². The molecule has 0 saturated heterocycles. The lowest BCUT2D eigenvalue weighted by Crippen LogP contribution is -2.26. The number of pyridine rings is 1. The van der Waals surface area contributed by atoms with Crippen molar-refractivity contribution in [3.63, 3.8) is 0 Å². The molecule has 12 heteroatoms. The molecule has 0 fully saturated rings. The van der Waals surface area contributed by atoms with Crippen molar-refractivity contribution in [3.05, 3.63) is 81.6 Å². The molecule has 2 amide bonds. The van der Waals surface area contributed by atoms with E-state index in [1.165, 1.54) is 25.4 Å². The van der Waals surface area contributed by atoms with Crippen molar-refractivity contribution in [2.24, 2.45) is 0 Å². The zero-order chi connectivity index (χ0) is 24.9. The summed E-state index contributed by atoms with van der Waals surface area (Å²) in [6.07, 6.45) is -4.25. The van der Waals surface area contributed by atoms with Gasteiger partial charge in [-0.05, 0) is 42.0 Å². The van der Waals surface area contributed by atoms with Gasteiger partial charge in [0.2, 0.25) is 0 Å². The summed E-state index contributed by atoms with van der Waals surface area (Å²) >= 11 is 11.8. The minimum absolute atomic E-state index is 0.0618. The van der Waals surface area contributed by atoms with Gasteiger partial charge >= 0.3 is 12.3 Å². The second-order valence-corrected chi connectivity index (χ2v) is 7.51. The van der Waals surface area contributed by atoms with Crippen LogP contribution in [0, 0.1) is 0 Å². The normalized spacial score (nSPS) is 11.0. The van der Waals surface area contributed by atoms with E-state index in [-0.39, 0.29) is 28.9 Å². The number of halogens is 5. The lowest BCUT2D eigenvalue weighted by atomic mass is 10.2. The van der Waals surface area contributed by atoms with E-state index in [0.717, 1.165) is 12.1 Å². The summed E-state index contributed by atoms with van der Waals surface area (Å²) in [5.41, 5.74) is -0.443. The maximum atomic E-state index is 12.9. The van der Waals surface area contributed by atoms with E-state index in [2.05, 4.69) is 15.6 Å². The maximum Gasteiger partial charge on any atom is 0.417 e. The van der Waals surface area contributed by atoms with Gasteiger partial charge in [-0.25, -0.2) is 4.79 Å². The van der Waals surface area contributed by atoms with Gasteiger partial charge in [0.25, 0.3) is 5.91 Å². The highest BCUT2D eigenvalue weighted by Crippen LogP contribution is 2.36. The lowest BCUT2D eigenvalue weighted by Gasteiger charge is -2.12. The van der Waals surface area contributed by atoms with Crippen LogP contribution in [0.5, 0.6) is 17.2 Å². The number of rotatable bonds is 6. The first-order chi connectivity index (χ1) is 16.1. The van der Waals surface area contributed by atoms with Crippen molar-refractivity contribution in [1.29, 1.82) is 0 Å². The third kappa shape index (κ3) is 6.52. The number of benzene rings is 2. The summed E-state index contributed by atoms with van der Waals surface area (Å²) < 4.78 is 49.4. The van der Waals surface area contributed by atoms with Gasteiger partial charge in [0.1, 0.15) is 22.9 Å². The molecule has 2 N–H and O–H groups in total. The molecule has 0 bridgehead atoms. The van der Waals surface area contributed by atoms with E-state index in [4.69, 9.17) is 32.7 Å². The van der Waals surface area contributed by atoms with Crippen LogP contribution in [0.4, 0.5) is 18.0 Å². The molecule has 3 rings (SSSR count). The third-order valence-electron chi connectivity index (χ3n) is 4.33. The Hall–Kier alpha value is -3.50. The average molecular weight is 514 g/mol. The van der Waals surface area contributed by atoms with Crippen LogP contribution >= 0.6 is 23.2 Å². The number of amides is 2. The first-order valence-corrected chi connectivity index (χ1v) is 10.3. The summed E-state index contributed by atoms with van der Waals surface area (Å²) in [5.74, 6) is 0.0362. The maximum absolute atomic E-state index is 12.9. The quantitative estimate of drug-likeness (QED) is 0.431.